The van der Waals surface area contributed by atoms with E-state index < -0.39 is 0 Å². The van der Waals surface area contributed by atoms with Crippen LogP contribution in [0.1, 0.15) is 45.4 Å². The quantitative estimate of drug-likeness (QED) is 0.737. The Kier molecular flexibility index (Phi) is 2.11. The Morgan fingerprint density at radius 2 is 1.93 bits per heavy atom. The smallest absolute Gasteiger partial charge is 0.247 e. The summed E-state index contributed by atoms with van der Waals surface area (Å²) in [6, 6.07) is 0.488. The van der Waals surface area contributed by atoms with Crippen LogP contribution in [0, 0.1) is 11.8 Å². The zero-order valence-corrected chi connectivity index (χ0v) is 9.38. The molecule has 2 saturated carbocycles. The van der Waals surface area contributed by atoms with Crippen molar-refractivity contribution < 1.29 is 4.79 Å². The first kappa shape index (κ1) is 9.44. The van der Waals surface area contributed by atoms with Gasteiger partial charge in [0.1, 0.15) is 0 Å². The van der Waals surface area contributed by atoms with E-state index in [1.807, 2.05) is 0 Å². The zero-order chi connectivity index (χ0) is 10.4. The zero-order valence-electron chi connectivity index (χ0n) is 9.38. The van der Waals surface area contributed by atoms with Crippen molar-refractivity contribution in [2.45, 2.75) is 51.5 Å². The molecule has 1 N–H and O–H groups in total. The van der Waals surface area contributed by atoms with Gasteiger partial charge in [-0.05, 0) is 57.3 Å². The van der Waals surface area contributed by atoms with Crippen LogP contribution in [-0.4, -0.2) is 11.9 Å². The van der Waals surface area contributed by atoms with E-state index in [0.717, 1.165) is 30.3 Å². The molecular weight excluding hydrogens is 186 g/mol. The van der Waals surface area contributed by atoms with Crippen LogP contribution in [0.3, 0.4) is 0 Å². The average Bonchev–Trinajstić information content (AvgIpc) is 2.61. The van der Waals surface area contributed by atoms with E-state index in [1.165, 1.54) is 31.3 Å². The second-order valence-corrected chi connectivity index (χ2v) is 5.51. The molecule has 2 fully saturated rings. The average molecular weight is 205 g/mol. The van der Waals surface area contributed by atoms with E-state index in [-0.39, 0.29) is 5.91 Å². The number of allylic oxidation sites excluding steroid dienone is 1. The molecule has 2 unspecified atom stereocenters. The summed E-state index contributed by atoms with van der Waals surface area (Å²) in [6.45, 7) is 2.11. The molecular formula is C13H19NO. The molecule has 1 amide bonds. The maximum Gasteiger partial charge on any atom is 0.247 e. The molecule has 2 atom stereocenters. The van der Waals surface area contributed by atoms with Crippen LogP contribution in [0.4, 0.5) is 0 Å². The van der Waals surface area contributed by atoms with Crippen LogP contribution in [0.25, 0.3) is 0 Å². The third-order valence-corrected chi connectivity index (χ3v) is 4.35. The van der Waals surface area contributed by atoms with E-state index in [4.69, 9.17) is 0 Å². The molecule has 82 valence electrons. The summed E-state index contributed by atoms with van der Waals surface area (Å²) in [5.74, 6) is 2.14. The third-order valence-electron chi connectivity index (χ3n) is 4.35. The maximum atomic E-state index is 12.0. The highest BCUT2D eigenvalue weighted by Gasteiger charge is 2.46. The Hall–Kier alpha value is -0.790. The van der Waals surface area contributed by atoms with Gasteiger partial charge in [0.2, 0.25) is 5.91 Å². The van der Waals surface area contributed by atoms with Gasteiger partial charge < -0.3 is 5.32 Å². The summed E-state index contributed by atoms with van der Waals surface area (Å²) in [7, 11) is 0. The number of hydrogen-bond donors (Lipinski definition) is 1. The van der Waals surface area contributed by atoms with Crippen molar-refractivity contribution in [1.29, 1.82) is 0 Å². The van der Waals surface area contributed by atoms with Gasteiger partial charge in [-0.25, -0.2) is 0 Å². The Morgan fingerprint density at radius 3 is 2.53 bits per heavy atom. The highest BCUT2D eigenvalue weighted by molar-refractivity contribution is 5.94. The fourth-order valence-electron chi connectivity index (χ4n) is 3.31. The van der Waals surface area contributed by atoms with Gasteiger partial charge in [-0.3, -0.25) is 4.79 Å². The lowest BCUT2D eigenvalue weighted by atomic mass is 10.1. The molecule has 0 spiro atoms. The van der Waals surface area contributed by atoms with Crippen LogP contribution in [0.15, 0.2) is 11.1 Å². The minimum absolute atomic E-state index is 0.233. The number of carbonyl (C=O) groups is 1. The normalized spacial score (nSPS) is 38.1. The van der Waals surface area contributed by atoms with Crippen molar-refractivity contribution in [3.63, 3.8) is 0 Å². The lowest BCUT2D eigenvalue weighted by Crippen LogP contribution is -2.34. The number of nitrogens with one attached hydrogen (secondary N) is 1. The van der Waals surface area contributed by atoms with E-state index in [0.29, 0.717) is 6.04 Å². The van der Waals surface area contributed by atoms with Gasteiger partial charge in [-0.15, -0.1) is 0 Å². The summed E-state index contributed by atoms with van der Waals surface area (Å²) in [5.41, 5.74) is 2.39. The number of carbonyl (C=O) groups excluding carboxylic acids is 1. The SMILES string of the molecule is CC1=C(C(=O)NC2CC3CC3C2)CCC1. The fourth-order valence-corrected chi connectivity index (χ4v) is 3.31. The van der Waals surface area contributed by atoms with Gasteiger partial charge in [0.15, 0.2) is 0 Å². The van der Waals surface area contributed by atoms with Crippen molar-refractivity contribution in [2.24, 2.45) is 11.8 Å². The van der Waals surface area contributed by atoms with Gasteiger partial charge in [-0.2, -0.15) is 0 Å². The second kappa shape index (κ2) is 3.36. The molecule has 0 aromatic rings. The summed E-state index contributed by atoms with van der Waals surface area (Å²) in [4.78, 5) is 12.0. The topological polar surface area (TPSA) is 29.1 Å². The Labute approximate surface area is 91.1 Å². The third kappa shape index (κ3) is 1.70. The maximum absolute atomic E-state index is 12.0. The van der Waals surface area contributed by atoms with Crippen LogP contribution >= 0.6 is 0 Å². The van der Waals surface area contributed by atoms with Crippen LogP contribution in [0.5, 0.6) is 0 Å². The Bertz CT molecular complexity index is 321. The molecule has 15 heavy (non-hydrogen) atoms. The predicted molar refractivity (Wildman–Crippen MR) is 59.3 cm³/mol. The summed E-state index contributed by atoms with van der Waals surface area (Å²) in [5, 5.41) is 3.22. The molecule has 3 aliphatic rings. The number of rotatable bonds is 2. The monoisotopic (exact) mass is 205 g/mol. The number of amides is 1. The van der Waals surface area contributed by atoms with E-state index in [2.05, 4.69) is 12.2 Å². The van der Waals surface area contributed by atoms with Crippen molar-refractivity contribution in [2.75, 3.05) is 0 Å². The van der Waals surface area contributed by atoms with Crippen molar-refractivity contribution in [1.82, 2.24) is 5.32 Å². The molecule has 0 radical (unpaired) electrons. The van der Waals surface area contributed by atoms with Crippen LogP contribution in [0.2, 0.25) is 0 Å². The van der Waals surface area contributed by atoms with Crippen molar-refractivity contribution >= 4 is 5.91 Å². The fraction of sp³-hybridized carbons (Fsp3) is 0.769. The molecule has 0 aromatic carbocycles. The first-order valence-electron chi connectivity index (χ1n) is 6.23. The van der Waals surface area contributed by atoms with Crippen LogP contribution < -0.4 is 5.32 Å². The molecule has 2 heteroatoms. The standard InChI is InChI=1S/C13H19NO/c1-8-3-2-4-12(8)13(15)14-11-6-9-5-10(9)7-11/h9-11H,2-7H2,1H3,(H,14,15). The summed E-state index contributed by atoms with van der Waals surface area (Å²) in [6.07, 6.45) is 7.19. The van der Waals surface area contributed by atoms with Gasteiger partial charge in [0.05, 0.1) is 0 Å². The Morgan fingerprint density at radius 1 is 1.20 bits per heavy atom. The summed E-state index contributed by atoms with van der Waals surface area (Å²) >= 11 is 0. The first-order chi connectivity index (χ1) is 7.24. The minimum Gasteiger partial charge on any atom is -0.350 e. The molecule has 0 aromatic heterocycles. The van der Waals surface area contributed by atoms with E-state index >= 15 is 0 Å². The molecule has 3 aliphatic carbocycles. The lowest BCUT2D eigenvalue weighted by molar-refractivity contribution is -0.118. The highest BCUT2D eigenvalue weighted by atomic mass is 16.1. The molecule has 0 heterocycles. The van der Waals surface area contributed by atoms with Gasteiger partial charge in [0.25, 0.3) is 0 Å². The van der Waals surface area contributed by atoms with Gasteiger partial charge in [-0.1, -0.05) is 5.57 Å². The van der Waals surface area contributed by atoms with E-state index in [1.54, 1.807) is 0 Å². The molecule has 0 saturated heterocycles. The Balaban J connectivity index is 1.59. The van der Waals surface area contributed by atoms with Crippen LogP contribution in [-0.2, 0) is 4.79 Å². The highest BCUT2D eigenvalue weighted by Crippen LogP contribution is 2.51. The second-order valence-electron chi connectivity index (χ2n) is 5.51. The van der Waals surface area contributed by atoms with Crippen molar-refractivity contribution in [3.8, 4) is 0 Å². The molecule has 2 nitrogen and oxygen atoms in total. The lowest BCUT2D eigenvalue weighted by Gasteiger charge is -2.15. The van der Waals surface area contributed by atoms with Gasteiger partial charge >= 0.3 is 0 Å². The minimum atomic E-state index is 0.233. The molecule has 0 aliphatic heterocycles. The molecule has 0 bridgehead atoms. The van der Waals surface area contributed by atoms with Crippen molar-refractivity contribution in [3.05, 3.63) is 11.1 Å². The van der Waals surface area contributed by atoms with E-state index in [9.17, 15) is 4.79 Å². The predicted octanol–water partition coefficient (Wildman–Crippen LogP) is 2.40. The number of fused-ring (bicyclic) bond motifs is 1. The summed E-state index contributed by atoms with van der Waals surface area (Å²) < 4.78 is 0. The first-order valence-corrected chi connectivity index (χ1v) is 6.23. The molecule has 3 rings (SSSR count). The van der Waals surface area contributed by atoms with Gasteiger partial charge in [0, 0.05) is 11.6 Å². The largest absolute Gasteiger partial charge is 0.350 e. The number of hydrogen-bond acceptors (Lipinski definition) is 1.